The maximum absolute atomic E-state index is 10.6. The quantitative estimate of drug-likeness (QED) is 0.476. The minimum absolute atomic E-state index is 0.0209. The van der Waals surface area contributed by atoms with Gasteiger partial charge in [-0.05, 0) is 0 Å². The molecule has 0 aliphatic carbocycles. The summed E-state index contributed by atoms with van der Waals surface area (Å²) in [6, 6.07) is 6.20. The molecular formula is C11H8ClN3O2. The molecule has 5 nitrogen and oxygen atoms in total. The summed E-state index contributed by atoms with van der Waals surface area (Å²) in [4.78, 5) is 18.4. The first-order chi connectivity index (χ1) is 8.20. The number of aromatic nitrogens is 2. The summed E-state index contributed by atoms with van der Waals surface area (Å²) in [5.74, 6) is 0.789. The van der Waals surface area contributed by atoms with Crippen LogP contribution >= 0.6 is 11.6 Å². The first-order valence-electron chi connectivity index (χ1n) is 4.82. The molecule has 0 aliphatic heterocycles. The van der Waals surface area contributed by atoms with Crippen LogP contribution in [-0.2, 0) is 5.88 Å². The third-order valence-electron chi connectivity index (χ3n) is 2.17. The van der Waals surface area contributed by atoms with Crippen LogP contribution in [0.15, 0.2) is 36.7 Å². The number of rotatable bonds is 3. The highest BCUT2D eigenvalue weighted by Gasteiger charge is 2.08. The largest absolute Gasteiger partial charge is 0.270 e. The standard InChI is InChI=1S/C11H8ClN3O2/c12-5-8-6-13-11(14-7-8)9-2-1-3-10(4-9)15(16)17/h1-4,6-7H,5H2. The second kappa shape index (κ2) is 4.88. The first kappa shape index (κ1) is 11.5. The Morgan fingerprint density at radius 1 is 1.29 bits per heavy atom. The van der Waals surface area contributed by atoms with Gasteiger partial charge in [-0.25, -0.2) is 9.97 Å². The van der Waals surface area contributed by atoms with E-state index in [0.717, 1.165) is 5.56 Å². The lowest BCUT2D eigenvalue weighted by Crippen LogP contribution is -1.92. The molecule has 0 aliphatic rings. The van der Waals surface area contributed by atoms with Crippen LogP contribution in [-0.4, -0.2) is 14.9 Å². The zero-order chi connectivity index (χ0) is 12.3. The van der Waals surface area contributed by atoms with E-state index in [1.165, 1.54) is 12.1 Å². The minimum Gasteiger partial charge on any atom is -0.258 e. The molecule has 0 saturated carbocycles. The summed E-state index contributed by atoms with van der Waals surface area (Å²) in [6.45, 7) is 0. The van der Waals surface area contributed by atoms with Gasteiger partial charge >= 0.3 is 0 Å². The van der Waals surface area contributed by atoms with Crippen molar-refractivity contribution >= 4 is 17.3 Å². The third-order valence-corrected chi connectivity index (χ3v) is 2.48. The summed E-state index contributed by atoms with van der Waals surface area (Å²) in [5.41, 5.74) is 1.44. The van der Waals surface area contributed by atoms with Crippen molar-refractivity contribution in [1.82, 2.24) is 9.97 Å². The second-order valence-electron chi connectivity index (χ2n) is 3.36. The predicted molar refractivity (Wildman–Crippen MR) is 63.7 cm³/mol. The van der Waals surface area contributed by atoms with Crippen LogP contribution in [0.2, 0.25) is 0 Å². The molecule has 0 atom stereocenters. The monoisotopic (exact) mass is 249 g/mol. The molecule has 0 saturated heterocycles. The zero-order valence-electron chi connectivity index (χ0n) is 8.71. The molecular weight excluding hydrogens is 242 g/mol. The van der Waals surface area contributed by atoms with E-state index in [9.17, 15) is 10.1 Å². The maximum Gasteiger partial charge on any atom is 0.270 e. The van der Waals surface area contributed by atoms with Crippen LogP contribution in [0.4, 0.5) is 5.69 Å². The van der Waals surface area contributed by atoms with Gasteiger partial charge in [0.15, 0.2) is 5.82 Å². The number of non-ortho nitro benzene ring substituents is 1. The lowest BCUT2D eigenvalue weighted by molar-refractivity contribution is -0.384. The van der Waals surface area contributed by atoms with Crippen LogP contribution in [0.1, 0.15) is 5.56 Å². The summed E-state index contributed by atoms with van der Waals surface area (Å²) >= 11 is 5.62. The first-order valence-corrected chi connectivity index (χ1v) is 5.36. The number of nitro groups is 1. The molecule has 6 heteroatoms. The average molecular weight is 250 g/mol. The Morgan fingerprint density at radius 3 is 2.59 bits per heavy atom. The van der Waals surface area contributed by atoms with Gasteiger partial charge in [0.2, 0.25) is 0 Å². The molecule has 2 rings (SSSR count). The Morgan fingerprint density at radius 2 is 2.00 bits per heavy atom. The van der Waals surface area contributed by atoms with Gasteiger partial charge in [0, 0.05) is 35.7 Å². The smallest absolute Gasteiger partial charge is 0.258 e. The van der Waals surface area contributed by atoms with Crippen molar-refractivity contribution in [2.24, 2.45) is 0 Å². The molecule has 1 heterocycles. The summed E-state index contributed by atoms with van der Waals surface area (Å²) in [5, 5.41) is 10.6. The molecule has 0 bridgehead atoms. The Hall–Kier alpha value is -2.01. The molecule has 0 amide bonds. The predicted octanol–water partition coefficient (Wildman–Crippen LogP) is 2.79. The van der Waals surface area contributed by atoms with Crippen LogP contribution < -0.4 is 0 Å². The Bertz CT molecular complexity index is 543. The second-order valence-corrected chi connectivity index (χ2v) is 3.62. The van der Waals surface area contributed by atoms with Gasteiger partial charge in [-0.3, -0.25) is 10.1 Å². The molecule has 0 N–H and O–H groups in total. The SMILES string of the molecule is O=[N+]([O-])c1cccc(-c2ncc(CCl)cn2)c1. The fraction of sp³-hybridized carbons (Fsp3) is 0.0909. The number of nitrogens with zero attached hydrogens (tertiary/aromatic N) is 3. The van der Waals surface area contributed by atoms with E-state index in [1.54, 1.807) is 24.5 Å². The number of nitro benzene ring substituents is 1. The van der Waals surface area contributed by atoms with E-state index >= 15 is 0 Å². The van der Waals surface area contributed by atoms with E-state index in [2.05, 4.69) is 9.97 Å². The van der Waals surface area contributed by atoms with Crippen LogP contribution in [0.5, 0.6) is 0 Å². The molecule has 0 radical (unpaired) electrons. The third kappa shape index (κ3) is 2.57. The molecule has 0 spiro atoms. The van der Waals surface area contributed by atoms with Crippen LogP contribution in [0, 0.1) is 10.1 Å². The van der Waals surface area contributed by atoms with Crippen molar-refractivity contribution in [3.05, 3.63) is 52.3 Å². The van der Waals surface area contributed by atoms with Crippen molar-refractivity contribution in [1.29, 1.82) is 0 Å². The van der Waals surface area contributed by atoms with Crippen LogP contribution in [0.25, 0.3) is 11.4 Å². The fourth-order valence-corrected chi connectivity index (χ4v) is 1.47. The summed E-state index contributed by atoms with van der Waals surface area (Å²) in [7, 11) is 0. The topological polar surface area (TPSA) is 68.9 Å². The van der Waals surface area contributed by atoms with Gasteiger partial charge in [0.05, 0.1) is 10.8 Å². The summed E-state index contributed by atoms with van der Waals surface area (Å²) in [6.07, 6.45) is 3.21. The number of alkyl halides is 1. The Kier molecular flexibility index (Phi) is 3.30. The highest BCUT2D eigenvalue weighted by molar-refractivity contribution is 6.17. The lowest BCUT2D eigenvalue weighted by Gasteiger charge is -2.00. The van der Waals surface area contributed by atoms with Gasteiger partial charge in [0.1, 0.15) is 0 Å². The van der Waals surface area contributed by atoms with Crippen molar-refractivity contribution in [2.45, 2.75) is 5.88 Å². The number of benzene rings is 1. The van der Waals surface area contributed by atoms with Gasteiger partial charge < -0.3 is 0 Å². The molecule has 0 fully saturated rings. The lowest BCUT2D eigenvalue weighted by atomic mass is 10.2. The fourth-order valence-electron chi connectivity index (χ4n) is 1.33. The number of halogens is 1. The maximum atomic E-state index is 10.6. The van der Waals surface area contributed by atoms with Gasteiger partial charge in [-0.1, -0.05) is 12.1 Å². The zero-order valence-corrected chi connectivity index (χ0v) is 9.46. The van der Waals surface area contributed by atoms with E-state index in [0.29, 0.717) is 17.3 Å². The van der Waals surface area contributed by atoms with E-state index in [-0.39, 0.29) is 5.69 Å². The van der Waals surface area contributed by atoms with Crippen molar-refractivity contribution in [3.63, 3.8) is 0 Å². The van der Waals surface area contributed by atoms with Gasteiger partial charge in [-0.2, -0.15) is 0 Å². The highest BCUT2D eigenvalue weighted by Crippen LogP contribution is 2.20. The molecule has 1 aromatic heterocycles. The van der Waals surface area contributed by atoms with Crippen LogP contribution in [0.3, 0.4) is 0 Å². The number of hydrogen-bond acceptors (Lipinski definition) is 4. The molecule has 2 aromatic rings. The molecule has 1 aromatic carbocycles. The number of hydrogen-bond donors (Lipinski definition) is 0. The highest BCUT2D eigenvalue weighted by atomic mass is 35.5. The Labute approximate surface area is 102 Å². The van der Waals surface area contributed by atoms with E-state index in [1.807, 2.05) is 0 Å². The Balaban J connectivity index is 2.38. The van der Waals surface area contributed by atoms with Gasteiger partial charge in [-0.15, -0.1) is 11.6 Å². The molecule has 86 valence electrons. The van der Waals surface area contributed by atoms with Gasteiger partial charge in [0.25, 0.3) is 5.69 Å². The van der Waals surface area contributed by atoms with Crippen molar-refractivity contribution in [3.8, 4) is 11.4 Å². The normalized spacial score (nSPS) is 10.2. The molecule has 0 unspecified atom stereocenters. The van der Waals surface area contributed by atoms with Crippen molar-refractivity contribution in [2.75, 3.05) is 0 Å². The average Bonchev–Trinajstić information content (AvgIpc) is 2.39. The molecule has 17 heavy (non-hydrogen) atoms. The minimum atomic E-state index is -0.448. The van der Waals surface area contributed by atoms with E-state index < -0.39 is 4.92 Å². The van der Waals surface area contributed by atoms with E-state index in [4.69, 9.17) is 11.6 Å². The van der Waals surface area contributed by atoms with Crippen molar-refractivity contribution < 1.29 is 4.92 Å². The summed E-state index contributed by atoms with van der Waals surface area (Å²) < 4.78 is 0.